The molecule has 0 aliphatic heterocycles. The van der Waals surface area contributed by atoms with Crippen molar-refractivity contribution in [3.05, 3.63) is 72.8 Å². The Balaban J connectivity index is 2.30. The molecule has 0 saturated carbocycles. The average molecular weight is 298 g/mol. The molecule has 0 N–H and O–H groups in total. The van der Waals surface area contributed by atoms with Crippen LogP contribution < -0.4 is 10.6 Å². The normalized spacial score (nSPS) is 14.1. The van der Waals surface area contributed by atoms with Gasteiger partial charge in [-0.3, -0.25) is 0 Å². The summed E-state index contributed by atoms with van der Waals surface area (Å²) in [5.74, 6) is 0. The summed E-state index contributed by atoms with van der Waals surface area (Å²) in [4.78, 5) is 0. The van der Waals surface area contributed by atoms with Crippen LogP contribution in [0.15, 0.2) is 72.8 Å². The zero-order valence-electron chi connectivity index (χ0n) is 11.2. The van der Waals surface area contributed by atoms with Gasteiger partial charge < -0.3 is 4.57 Å². The molecular formula is C17H15OPS. The molecule has 0 radical (unpaired) electrons. The van der Waals surface area contributed by atoms with Gasteiger partial charge in [0.2, 0.25) is 0 Å². The van der Waals surface area contributed by atoms with Gasteiger partial charge in [-0.15, -0.1) is 0 Å². The smallest absolute Gasteiger partial charge is 0.195 e. The lowest BCUT2D eigenvalue weighted by Gasteiger charge is -2.18. The lowest BCUT2D eigenvalue weighted by atomic mass is 10.1. The van der Waals surface area contributed by atoms with Crippen LogP contribution in [0.5, 0.6) is 0 Å². The summed E-state index contributed by atoms with van der Waals surface area (Å²) >= 11 is 1.45. The van der Waals surface area contributed by atoms with E-state index in [0.717, 1.165) is 21.4 Å². The van der Waals surface area contributed by atoms with E-state index in [9.17, 15) is 4.57 Å². The highest BCUT2D eigenvalue weighted by Gasteiger charge is 2.27. The third-order valence-corrected chi connectivity index (χ3v) is 8.72. The van der Waals surface area contributed by atoms with E-state index in [1.165, 1.54) is 11.4 Å². The average Bonchev–Trinajstić information content (AvgIpc) is 2.54. The maximum Gasteiger partial charge on any atom is 0.195 e. The van der Waals surface area contributed by atoms with Gasteiger partial charge in [-0.25, -0.2) is 0 Å². The molecule has 3 aromatic carbocycles. The molecular weight excluding hydrogens is 283 g/mol. The van der Waals surface area contributed by atoms with Gasteiger partial charge in [-0.05, 0) is 23.1 Å². The van der Waals surface area contributed by atoms with Crippen molar-refractivity contribution >= 4 is 39.1 Å². The molecule has 0 fully saturated rings. The Morgan fingerprint density at radius 3 is 2.20 bits per heavy atom. The predicted molar refractivity (Wildman–Crippen MR) is 90.8 cm³/mol. The molecule has 0 aromatic heterocycles. The Labute approximate surface area is 123 Å². The Kier molecular flexibility index (Phi) is 3.69. The summed E-state index contributed by atoms with van der Waals surface area (Å²) in [5.41, 5.74) is 0. The predicted octanol–water partition coefficient (Wildman–Crippen LogP) is 4.43. The molecule has 100 valence electrons. The van der Waals surface area contributed by atoms with Crippen molar-refractivity contribution in [1.82, 2.24) is 0 Å². The monoisotopic (exact) mass is 298 g/mol. The van der Waals surface area contributed by atoms with E-state index in [2.05, 4.69) is 18.2 Å². The highest BCUT2D eigenvalue weighted by Crippen LogP contribution is 2.55. The molecule has 3 aromatic rings. The Morgan fingerprint density at radius 2 is 1.45 bits per heavy atom. The van der Waals surface area contributed by atoms with E-state index in [0.29, 0.717) is 0 Å². The molecule has 0 aliphatic rings. The standard InChI is InChI=1S/C17H15OPS/c1-20-19(18,15-10-3-2-4-11-15)17-13-7-9-14-8-5-6-12-16(14)17/h2-13H,1H3. The largest absolute Gasteiger partial charge is 0.302 e. The van der Waals surface area contributed by atoms with Gasteiger partial charge in [0.05, 0.1) is 0 Å². The number of fused-ring (bicyclic) bond motifs is 1. The lowest BCUT2D eigenvalue weighted by Crippen LogP contribution is -2.14. The maximum absolute atomic E-state index is 13.6. The molecule has 3 rings (SSSR count). The Morgan fingerprint density at radius 1 is 0.800 bits per heavy atom. The quantitative estimate of drug-likeness (QED) is 0.665. The van der Waals surface area contributed by atoms with Crippen molar-refractivity contribution in [2.24, 2.45) is 0 Å². The van der Waals surface area contributed by atoms with E-state index in [1.54, 1.807) is 0 Å². The topological polar surface area (TPSA) is 17.1 Å². The molecule has 0 heterocycles. The number of rotatable bonds is 3. The zero-order chi connectivity index (χ0) is 14.0. The van der Waals surface area contributed by atoms with Crippen LogP contribution in [0.2, 0.25) is 0 Å². The maximum atomic E-state index is 13.6. The van der Waals surface area contributed by atoms with Gasteiger partial charge in [0, 0.05) is 10.6 Å². The Bertz CT molecular complexity index is 778. The van der Waals surface area contributed by atoms with Crippen molar-refractivity contribution in [2.45, 2.75) is 0 Å². The van der Waals surface area contributed by atoms with Crippen LogP contribution in [0.25, 0.3) is 10.8 Å². The number of hydrogen-bond donors (Lipinski definition) is 0. The van der Waals surface area contributed by atoms with Crippen LogP contribution >= 0.6 is 17.7 Å². The van der Waals surface area contributed by atoms with Gasteiger partial charge in [0.15, 0.2) is 6.34 Å². The van der Waals surface area contributed by atoms with Gasteiger partial charge in [-0.1, -0.05) is 78.1 Å². The SMILES string of the molecule is CSP(=O)(c1ccccc1)c1cccc2ccccc12. The highest BCUT2D eigenvalue weighted by molar-refractivity contribution is 8.62. The van der Waals surface area contributed by atoms with Crippen LogP contribution in [0.3, 0.4) is 0 Å². The fourth-order valence-corrected chi connectivity index (χ4v) is 6.55. The molecule has 3 heteroatoms. The zero-order valence-corrected chi connectivity index (χ0v) is 12.9. The first-order chi connectivity index (χ1) is 9.75. The van der Waals surface area contributed by atoms with Crippen LogP contribution in [0, 0.1) is 0 Å². The Hall–Kier alpha value is -1.50. The summed E-state index contributed by atoms with van der Waals surface area (Å²) in [5, 5.41) is 4.06. The first-order valence-electron chi connectivity index (χ1n) is 6.45. The summed E-state index contributed by atoms with van der Waals surface area (Å²) in [6.07, 6.45) is -0.708. The second-order valence-electron chi connectivity index (χ2n) is 4.57. The molecule has 1 nitrogen and oxygen atoms in total. The highest BCUT2D eigenvalue weighted by atomic mass is 32.7. The third-order valence-electron chi connectivity index (χ3n) is 3.44. The minimum Gasteiger partial charge on any atom is -0.302 e. The first kappa shape index (κ1) is 13.5. The summed E-state index contributed by atoms with van der Waals surface area (Å²) < 4.78 is 13.6. The minimum atomic E-state index is -2.63. The first-order valence-corrected chi connectivity index (χ1v) is 9.99. The van der Waals surface area contributed by atoms with Crippen molar-refractivity contribution in [2.75, 3.05) is 6.26 Å². The van der Waals surface area contributed by atoms with E-state index >= 15 is 0 Å². The summed E-state index contributed by atoms with van der Waals surface area (Å²) in [6, 6.07) is 23.9. The lowest BCUT2D eigenvalue weighted by molar-refractivity contribution is 0.596. The van der Waals surface area contributed by atoms with Crippen LogP contribution in [0.1, 0.15) is 0 Å². The number of hydrogen-bond acceptors (Lipinski definition) is 2. The van der Waals surface area contributed by atoms with Crippen LogP contribution in [0.4, 0.5) is 0 Å². The number of benzene rings is 3. The molecule has 0 bridgehead atoms. The molecule has 0 aliphatic carbocycles. The van der Waals surface area contributed by atoms with Gasteiger partial charge in [0.25, 0.3) is 0 Å². The van der Waals surface area contributed by atoms with Crippen LogP contribution in [-0.2, 0) is 4.57 Å². The van der Waals surface area contributed by atoms with Crippen molar-refractivity contribution < 1.29 is 4.57 Å². The third kappa shape index (κ3) is 2.19. The second-order valence-corrected chi connectivity index (χ2v) is 9.67. The fraction of sp³-hybridized carbons (Fsp3) is 0.0588. The van der Waals surface area contributed by atoms with E-state index < -0.39 is 6.34 Å². The summed E-state index contributed by atoms with van der Waals surface area (Å²) in [7, 11) is 0. The molecule has 0 spiro atoms. The summed E-state index contributed by atoms with van der Waals surface area (Å²) in [6.45, 7) is 0. The van der Waals surface area contributed by atoms with E-state index in [1.807, 2.05) is 60.9 Å². The molecule has 1 atom stereocenters. The van der Waals surface area contributed by atoms with E-state index in [4.69, 9.17) is 0 Å². The minimum absolute atomic E-state index is 0.906. The van der Waals surface area contributed by atoms with Crippen LogP contribution in [-0.4, -0.2) is 6.26 Å². The van der Waals surface area contributed by atoms with E-state index in [-0.39, 0.29) is 0 Å². The van der Waals surface area contributed by atoms with Crippen molar-refractivity contribution in [3.8, 4) is 0 Å². The van der Waals surface area contributed by atoms with Gasteiger partial charge in [-0.2, -0.15) is 0 Å². The van der Waals surface area contributed by atoms with Crippen molar-refractivity contribution in [1.29, 1.82) is 0 Å². The fourth-order valence-electron chi connectivity index (χ4n) is 2.43. The van der Waals surface area contributed by atoms with Crippen molar-refractivity contribution in [3.63, 3.8) is 0 Å². The molecule has 20 heavy (non-hydrogen) atoms. The van der Waals surface area contributed by atoms with Gasteiger partial charge >= 0.3 is 0 Å². The second kappa shape index (κ2) is 5.47. The molecule has 0 amide bonds. The molecule has 0 saturated heterocycles. The molecule has 1 unspecified atom stereocenters. The van der Waals surface area contributed by atoms with Gasteiger partial charge in [0.1, 0.15) is 0 Å².